The highest BCUT2D eigenvalue weighted by Crippen LogP contribution is 2.18. The summed E-state index contributed by atoms with van der Waals surface area (Å²) in [5, 5.41) is 3.32. The Morgan fingerprint density at radius 2 is 1.96 bits per heavy atom. The third kappa shape index (κ3) is 3.90. The Bertz CT molecular complexity index is 576. The van der Waals surface area contributed by atoms with E-state index in [1.807, 2.05) is 27.0 Å². The van der Waals surface area contributed by atoms with Crippen LogP contribution in [0.15, 0.2) is 6.20 Å². The van der Waals surface area contributed by atoms with E-state index in [9.17, 15) is 4.79 Å². The van der Waals surface area contributed by atoms with Crippen LogP contribution in [-0.4, -0.2) is 59.3 Å². The van der Waals surface area contributed by atoms with Gasteiger partial charge in [0.1, 0.15) is 11.4 Å². The minimum absolute atomic E-state index is 0.238. The average Bonchev–Trinajstić information content (AvgIpc) is 2.53. The molecule has 3 heterocycles. The molecule has 0 bridgehead atoms. The minimum Gasteiger partial charge on any atom is -0.444 e. The third-order valence-corrected chi connectivity index (χ3v) is 4.00. The Labute approximate surface area is 137 Å². The van der Waals surface area contributed by atoms with Crippen molar-refractivity contribution in [3.05, 3.63) is 17.6 Å². The van der Waals surface area contributed by atoms with E-state index in [2.05, 4.69) is 15.2 Å². The number of nitrogens with zero attached hydrogens (tertiary/aromatic N) is 4. The van der Waals surface area contributed by atoms with Crippen LogP contribution in [0.1, 0.15) is 32.2 Å². The van der Waals surface area contributed by atoms with Crippen LogP contribution in [0.5, 0.6) is 0 Å². The molecule has 0 aromatic carbocycles. The molecule has 1 aromatic heterocycles. The maximum absolute atomic E-state index is 12.1. The van der Waals surface area contributed by atoms with Gasteiger partial charge in [0.05, 0.1) is 17.6 Å². The number of rotatable bonds is 1. The number of ether oxygens (including phenoxy) is 1. The molecule has 0 spiro atoms. The van der Waals surface area contributed by atoms with Gasteiger partial charge in [-0.2, -0.15) is 0 Å². The Morgan fingerprint density at radius 3 is 2.65 bits per heavy atom. The normalized spacial score (nSPS) is 18.6. The average molecular weight is 319 g/mol. The monoisotopic (exact) mass is 319 g/mol. The molecule has 2 aliphatic rings. The number of amides is 1. The Kier molecular flexibility index (Phi) is 4.39. The molecular weight excluding hydrogens is 294 g/mol. The Balaban J connectivity index is 1.60. The zero-order valence-electron chi connectivity index (χ0n) is 14.1. The lowest BCUT2D eigenvalue weighted by molar-refractivity contribution is 0.0240. The second-order valence-electron chi connectivity index (χ2n) is 7.00. The van der Waals surface area contributed by atoms with E-state index in [1.165, 1.54) is 0 Å². The van der Waals surface area contributed by atoms with Gasteiger partial charge in [0.2, 0.25) is 0 Å². The van der Waals surface area contributed by atoms with Gasteiger partial charge in [0.25, 0.3) is 0 Å². The lowest BCUT2D eigenvalue weighted by Gasteiger charge is -2.36. The molecule has 7 heteroatoms. The van der Waals surface area contributed by atoms with Crippen molar-refractivity contribution in [2.75, 3.05) is 37.6 Å². The second-order valence-corrected chi connectivity index (χ2v) is 7.00. The van der Waals surface area contributed by atoms with Crippen molar-refractivity contribution in [3.8, 4) is 0 Å². The summed E-state index contributed by atoms with van der Waals surface area (Å²) < 4.78 is 5.42. The third-order valence-electron chi connectivity index (χ3n) is 4.00. The van der Waals surface area contributed by atoms with Crippen molar-refractivity contribution < 1.29 is 9.53 Å². The molecule has 0 saturated carbocycles. The number of hydrogen-bond donors (Lipinski definition) is 1. The molecule has 23 heavy (non-hydrogen) atoms. The molecule has 1 aromatic rings. The van der Waals surface area contributed by atoms with Gasteiger partial charge < -0.3 is 19.9 Å². The first-order valence-electron chi connectivity index (χ1n) is 8.21. The predicted molar refractivity (Wildman–Crippen MR) is 87.5 cm³/mol. The van der Waals surface area contributed by atoms with Gasteiger partial charge >= 0.3 is 6.09 Å². The quantitative estimate of drug-likeness (QED) is 0.838. The first kappa shape index (κ1) is 16.0. The maximum atomic E-state index is 12.1. The molecule has 2 aliphatic heterocycles. The second kappa shape index (κ2) is 6.31. The van der Waals surface area contributed by atoms with Crippen LogP contribution in [0.3, 0.4) is 0 Å². The van der Waals surface area contributed by atoms with Crippen LogP contribution in [0, 0.1) is 0 Å². The van der Waals surface area contributed by atoms with Crippen molar-refractivity contribution in [1.82, 2.24) is 20.2 Å². The first-order valence-corrected chi connectivity index (χ1v) is 8.21. The first-order chi connectivity index (χ1) is 10.9. The van der Waals surface area contributed by atoms with Crippen molar-refractivity contribution in [2.45, 2.75) is 39.3 Å². The molecular formula is C16H25N5O2. The standard InChI is InChI=1S/C16H25N5O2/c1-16(2,3)23-15(22)21-8-6-20(7-9-21)14-11-18-12-4-5-17-10-13(12)19-14/h11,17H,4-10H2,1-3H3. The smallest absolute Gasteiger partial charge is 0.410 e. The summed E-state index contributed by atoms with van der Waals surface area (Å²) in [6.45, 7) is 10.2. The molecule has 7 nitrogen and oxygen atoms in total. The molecule has 0 radical (unpaired) electrons. The van der Waals surface area contributed by atoms with Gasteiger partial charge in [-0.3, -0.25) is 4.98 Å². The molecule has 0 aliphatic carbocycles. The molecule has 1 N–H and O–H groups in total. The molecule has 0 unspecified atom stereocenters. The van der Waals surface area contributed by atoms with E-state index in [4.69, 9.17) is 9.72 Å². The van der Waals surface area contributed by atoms with Crippen LogP contribution in [0.4, 0.5) is 10.6 Å². The molecule has 1 amide bonds. The van der Waals surface area contributed by atoms with Crippen LogP contribution in [0.25, 0.3) is 0 Å². The van der Waals surface area contributed by atoms with E-state index in [0.717, 1.165) is 49.8 Å². The number of carbonyl (C=O) groups excluding carboxylic acids is 1. The molecule has 126 valence electrons. The lowest BCUT2D eigenvalue weighted by Crippen LogP contribution is -2.50. The van der Waals surface area contributed by atoms with Crippen LogP contribution >= 0.6 is 0 Å². The van der Waals surface area contributed by atoms with Crippen molar-refractivity contribution in [2.24, 2.45) is 0 Å². The zero-order valence-corrected chi connectivity index (χ0v) is 14.1. The summed E-state index contributed by atoms with van der Waals surface area (Å²) in [6, 6.07) is 0. The highest BCUT2D eigenvalue weighted by Gasteiger charge is 2.26. The highest BCUT2D eigenvalue weighted by atomic mass is 16.6. The summed E-state index contributed by atoms with van der Waals surface area (Å²) in [6.07, 6.45) is 2.56. The molecule has 0 atom stereocenters. The Morgan fingerprint density at radius 1 is 1.22 bits per heavy atom. The summed E-state index contributed by atoms with van der Waals surface area (Å²) in [5.74, 6) is 0.899. The summed E-state index contributed by atoms with van der Waals surface area (Å²) in [7, 11) is 0. The number of piperazine rings is 1. The van der Waals surface area contributed by atoms with Gasteiger partial charge in [0.15, 0.2) is 0 Å². The fourth-order valence-electron chi connectivity index (χ4n) is 2.80. The number of anilines is 1. The van der Waals surface area contributed by atoms with E-state index < -0.39 is 5.60 Å². The SMILES string of the molecule is CC(C)(C)OC(=O)N1CCN(c2cnc3c(n2)CNCC3)CC1. The van der Waals surface area contributed by atoms with Crippen LogP contribution < -0.4 is 10.2 Å². The van der Waals surface area contributed by atoms with E-state index in [-0.39, 0.29) is 6.09 Å². The number of nitrogens with one attached hydrogen (secondary N) is 1. The lowest BCUT2D eigenvalue weighted by atomic mass is 10.1. The Hall–Kier alpha value is -1.89. The van der Waals surface area contributed by atoms with Crippen molar-refractivity contribution >= 4 is 11.9 Å². The summed E-state index contributed by atoms with van der Waals surface area (Å²) >= 11 is 0. The van der Waals surface area contributed by atoms with Crippen molar-refractivity contribution in [1.29, 1.82) is 0 Å². The fourth-order valence-corrected chi connectivity index (χ4v) is 2.80. The van der Waals surface area contributed by atoms with Crippen molar-refractivity contribution in [3.63, 3.8) is 0 Å². The van der Waals surface area contributed by atoms with Crippen LogP contribution in [-0.2, 0) is 17.7 Å². The maximum Gasteiger partial charge on any atom is 0.410 e. The highest BCUT2D eigenvalue weighted by molar-refractivity contribution is 5.68. The van der Waals surface area contributed by atoms with Gasteiger partial charge in [-0.15, -0.1) is 0 Å². The van der Waals surface area contributed by atoms with Gasteiger partial charge in [-0.05, 0) is 20.8 Å². The summed E-state index contributed by atoms with van der Waals surface area (Å²) in [4.78, 5) is 25.3. The zero-order chi connectivity index (χ0) is 16.4. The van der Waals surface area contributed by atoms with Crippen LogP contribution in [0.2, 0.25) is 0 Å². The molecule has 1 fully saturated rings. The topological polar surface area (TPSA) is 70.6 Å². The van der Waals surface area contributed by atoms with E-state index in [0.29, 0.717) is 13.1 Å². The van der Waals surface area contributed by atoms with Gasteiger partial charge in [-0.1, -0.05) is 0 Å². The van der Waals surface area contributed by atoms with E-state index >= 15 is 0 Å². The minimum atomic E-state index is -0.453. The molecule has 1 saturated heterocycles. The predicted octanol–water partition coefficient (Wildman–Crippen LogP) is 1.18. The van der Waals surface area contributed by atoms with E-state index in [1.54, 1.807) is 4.90 Å². The van der Waals surface area contributed by atoms with Gasteiger partial charge in [-0.25, -0.2) is 9.78 Å². The molecule has 3 rings (SSSR count). The number of hydrogen-bond acceptors (Lipinski definition) is 6. The van der Waals surface area contributed by atoms with Gasteiger partial charge in [0, 0.05) is 45.7 Å². The summed E-state index contributed by atoms with van der Waals surface area (Å²) in [5.41, 5.74) is 1.69. The number of aromatic nitrogens is 2. The fraction of sp³-hybridized carbons (Fsp3) is 0.688. The number of fused-ring (bicyclic) bond motifs is 1. The number of carbonyl (C=O) groups is 1. The largest absolute Gasteiger partial charge is 0.444 e.